The standard InChI is InChI=1S/C27H46NO4/c1-6-8-13-19-28(20-14-9-7-2,22-26(30)32-27(3,4)5)21-15-18-25(29)31-23-24-16-11-10-12-17-24/h10-12,16-17H,6-9,13-15,18-23H2,1-5H3/q+1. The second-order valence-electron chi connectivity index (χ2n) is 9.92. The number of esters is 2. The number of quaternary nitrogens is 1. The molecule has 0 heterocycles. The summed E-state index contributed by atoms with van der Waals surface area (Å²) in [6, 6.07) is 9.75. The molecule has 0 N–H and O–H groups in total. The van der Waals surface area contributed by atoms with Gasteiger partial charge in [0.15, 0.2) is 6.54 Å². The molecule has 0 spiro atoms. The molecule has 0 unspecified atom stereocenters. The van der Waals surface area contributed by atoms with Gasteiger partial charge >= 0.3 is 11.9 Å². The van der Waals surface area contributed by atoms with Gasteiger partial charge in [-0.25, -0.2) is 4.79 Å². The summed E-state index contributed by atoms with van der Waals surface area (Å²) >= 11 is 0. The summed E-state index contributed by atoms with van der Waals surface area (Å²) in [6.07, 6.45) is 7.87. The normalized spacial score (nSPS) is 11.9. The Labute approximate surface area is 196 Å². The van der Waals surface area contributed by atoms with Crippen LogP contribution in [0.25, 0.3) is 0 Å². The van der Waals surface area contributed by atoms with Gasteiger partial charge in [-0.15, -0.1) is 0 Å². The second kappa shape index (κ2) is 15.0. The van der Waals surface area contributed by atoms with Gasteiger partial charge in [0.05, 0.1) is 26.1 Å². The fourth-order valence-corrected chi connectivity index (χ4v) is 3.98. The summed E-state index contributed by atoms with van der Waals surface area (Å²) < 4.78 is 11.8. The fraction of sp³-hybridized carbons (Fsp3) is 0.704. The molecule has 0 fully saturated rings. The molecule has 182 valence electrons. The molecule has 1 aromatic carbocycles. The Hall–Kier alpha value is -1.88. The minimum Gasteiger partial charge on any atom is -0.461 e. The van der Waals surface area contributed by atoms with Gasteiger partial charge in [-0.3, -0.25) is 4.79 Å². The van der Waals surface area contributed by atoms with Gasteiger partial charge in [-0.05, 0) is 52.0 Å². The van der Waals surface area contributed by atoms with Crippen LogP contribution in [-0.4, -0.2) is 48.2 Å². The van der Waals surface area contributed by atoms with Crippen molar-refractivity contribution in [2.45, 2.75) is 98.2 Å². The Morgan fingerprint density at radius 2 is 1.38 bits per heavy atom. The molecule has 1 rings (SSSR count). The summed E-state index contributed by atoms with van der Waals surface area (Å²) in [5.74, 6) is -0.316. The molecular formula is C27H46NO4+. The third-order valence-corrected chi connectivity index (χ3v) is 5.61. The number of nitrogens with zero attached hydrogens (tertiary/aromatic N) is 1. The SMILES string of the molecule is CCCCC[N+](CCCCC)(CCCC(=O)OCc1ccccc1)CC(=O)OC(C)(C)C. The molecule has 5 nitrogen and oxygen atoms in total. The van der Waals surface area contributed by atoms with Gasteiger partial charge in [0.1, 0.15) is 12.2 Å². The highest BCUT2D eigenvalue weighted by molar-refractivity contribution is 5.71. The van der Waals surface area contributed by atoms with Crippen molar-refractivity contribution in [3.63, 3.8) is 0 Å². The molecule has 0 aliphatic heterocycles. The predicted molar refractivity (Wildman–Crippen MR) is 130 cm³/mol. The molecule has 0 aromatic heterocycles. The molecule has 0 saturated carbocycles. The molecule has 0 bridgehead atoms. The highest BCUT2D eigenvalue weighted by atomic mass is 16.6. The van der Waals surface area contributed by atoms with Crippen LogP contribution >= 0.6 is 0 Å². The first-order chi connectivity index (χ1) is 15.2. The second-order valence-corrected chi connectivity index (χ2v) is 9.92. The minimum absolute atomic E-state index is 0.142. The van der Waals surface area contributed by atoms with E-state index in [1.165, 1.54) is 0 Å². The summed E-state index contributed by atoms with van der Waals surface area (Å²) in [5, 5.41) is 0. The highest BCUT2D eigenvalue weighted by Gasteiger charge is 2.32. The lowest BCUT2D eigenvalue weighted by atomic mass is 10.1. The first kappa shape index (κ1) is 28.2. The first-order valence-electron chi connectivity index (χ1n) is 12.5. The molecule has 1 aromatic rings. The zero-order valence-corrected chi connectivity index (χ0v) is 21.2. The van der Waals surface area contributed by atoms with E-state index in [-0.39, 0.29) is 11.9 Å². The average molecular weight is 449 g/mol. The summed E-state index contributed by atoms with van der Waals surface area (Å²) in [6.45, 7) is 13.5. The number of hydrogen-bond donors (Lipinski definition) is 0. The number of hydrogen-bond acceptors (Lipinski definition) is 4. The van der Waals surface area contributed by atoms with E-state index < -0.39 is 5.60 Å². The van der Waals surface area contributed by atoms with Crippen LogP contribution in [-0.2, 0) is 25.7 Å². The van der Waals surface area contributed by atoms with Crippen LogP contribution in [0.2, 0.25) is 0 Å². The van der Waals surface area contributed by atoms with Gasteiger partial charge < -0.3 is 14.0 Å². The lowest BCUT2D eigenvalue weighted by molar-refractivity contribution is -0.922. The maximum atomic E-state index is 12.8. The van der Waals surface area contributed by atoms with Crippen LogP contribution < -0.4 is 0 Å². The summed E-state index contributed by atoms with van der Waals surface area (Å²) in [7, 11) is 0. The lowest BCUT2D eigenvalue weighted by Crippen LogP contribution is -2.54. The van der Waals surface area contributed by atoms with Crippen molar-refractivity contribution >= 4 is 11.9 Å². The Balaban J connectivity index is 2.73. The number of benzene rings is 1. The maximum absolute atomic E-state index is 12.8. The zero-order valence-electron chi connectivity index (χ0n) is 21.2. The molecule has 5 heteroatoms. The van der Waals surface area contributed by atoms with Crippen molar-refractivity contribution in [3.8, 4) is 0 Å². The van der Waals surface area contributed by atoms with Gasteiger partial charge in [-0.1, -0.05) is 57.0 Å². The molecule has 0 amide bonds. The van der Waals surface area contributed by atoms with Crippen LogP contribution in [0, 0.1) is 0 Å². The van der Waals surface area contributed by atoms with E-state index in [0.29, 0.717) is 30.5 Å². The molecule has 32 heavy (non-hydrogen) atoms. The van der Waals surface area contributed by atoms with E-state index in [9.17, 15) is 9.59 Å². The fourth-order valence-electron chi connectivity index (χ4n) is 3.98. The first-order valence-corrected chi connectivity index (χ1v) is 12.5. The van der Waals surface area contributed by atoms with E-state index in [1.807, 2.05) is 51.1 Å². The molecular weight excluding hydrogens is 402 g/mol. The highest BCUT2D eigenvalue weighted by Crippen LogP contribution is 2.18. The summed E-state index contributed by atoms with van der Waals surface area (Å²) in [5.41, 5.74) is 0.510. The van der Waals surface area contributed by atoms with Crippen molar-refractivity contribution in [1.29, 1.82) is 0 Å². The van der Waals surface area contributed by atoms with E-state index in [2.05, 4.69) is 13.8 Å². The third-order valence-electron chi connectivity index (χ3n) is 5.61. The Morgan fingerprint density at radius 3 is 1.91 bits per heavy atom. The van der Waals surface area contributed by atoms with E-state index in [1.54, 1.807) is 0 Å². The van der Waals surface area contributed by atoms with Crippen LogP contribution in [0.5, 0.6) is 0 Å². The number of rotatable bonds is 16. The predicted octanol–water partition coefficient (Wildman–Crippen LogP) is 6.05. The minimum atomic E-state index is -0.485. The van der Waals surface area contributed by atoms with Crippen molar-refractivity contribution in [1.82, 2.24) is 0 Å². The van der Waals surface area contributed by atoms with Crippen LogP contribution in [0.4, 0.5) is 0 Å². The Morgan fingerprint density at radius 1 is 0.812 bits per heavy atom. The number of unbranched alkanes of at least 4 members (excludes halogenated alkanes) is 4. The quantitative estimate of drug-likeness (QED) is 0.175. The molecule has 0 aliphatic rings. The van der Waals surface area contributed by atoms with E-state index in [0.717, 1.165) is 63.7 Å². The van der Waals surface area contributed by atoms with Gasteiger partial charge in [0, 0.05) is 6.42 Å². The molecule has 0 atom stereocenters. The Kier molecular flexibility index (Phi) is 13.2. The summed E-state index contributed by atoms with van der Waals surface area (Å²) in [4.78, 5) is 25.1. The largest absolute Gasteiger partial charge is 0.461 e. The van der Waals surface area contributed by atoms with Crippen molar-refractivity contribution in [2.75, 3.05) is 26.2 Å². The van der Waals surface area contributed by atoms with Crippen LogP contribution in [0.3, 0.4) is 0 Å². The van der Waals surface area contributed by atoms with Crippen molar-refractivity contribution in [3.05, 3.63) is 35.9 Å². The number of carbonyl (C=O) groups excluding carboxylic acids is 2. The van der Waals surface area contributed by atoms with Crippen LogP contribution in [0.15, 0.2) is 30.3 Å². The third kappa shape index (κ3) is 12.8. The van der Waals surface area contributed by atoms with E-state index >= 15 is 0 Å². The van der Waals surface area contributed by atoms with Crippen molar-refractivity contribution in [2.24, 2.45) is 0 Å². The van der Waals surface area contributed by atoms with Crippen molar-refractivity contribution < 1.29 is 23.5 Å². The topological polar surface area (TPSA) is 52.6 Å². The average Bonchev–Trinajstić information content (AvgIpc) is 2.72. The molecule has 0 radical (unpaired) electrons. The molecule has 0 aliphatic carbocycles. The zero-order chi connectivity index (χ0) is 23.9. The van der Waals surface area contributed by atoms with Gasteiger partial charge in [0.25, 0.3) is 0 Å². The van der Waals surface area contributed by atoms with Crippen LogP contribution in [0.1, 0.15) is 91.5 Å². The Bertz CT molecular complexity index is 641. The van der Waals surface area contributed by atoms with Gasteiger partial charge in [0.2, 0.25) is 0 Å². The number of ether oxygens (including phenoxy) is 2. The smallest absolute Gasteiger partial charge is 0.362 e. The monoisotopic (exact) mass is 448 g/mol. The maximum Gasteiger partial charge on any atom is 0.362 e. The van der Waals surface area contributed by atoms with Gasteiger partial charge in [-0.2, -0.15) is 0 Å². The lowest BCUT2D eigenvalue weighted by Gasteiger charge is -2.39. The molecule has 0 saturated heterocycles. The van der Waals surface area contributed by atoms with E-state index in [4.69, 9.17) is 9.47 Å². The number of carbonyl (C=O) groups is 2.